The van der Waals surface area contributed by atoms with E-state index in [0.29, 0.717) is 13.0 Å². The van der Waals surface area contributed by atoms with Crippen molar-refractivity contribution in [3.63, 3.8) is 0 Å². The monoisotopic (exact) mass is 289 g/mol. The summed E-state index contributed by atoms with van der Waals surface area (Å²) < 4.78 is 5.63. The van der Waals surface area contributed by atoms with Gasteiger partial charge in [0.05, 0.1) is 6.61 Å². The van der Waals surface area contributed by atoms with E-state index in [2.05, 4.69) is 6.07 Å². The van der Waals surface area contributed by atoms with E-state index < -0.39 is 0 Å². The first-order chi connectivity index (χ1) is 9.61. The van der Waals surface area contributed by atoms with Gasteiger partial charge in [0.2, 0.25) is 0 Å². The number of nitrogens with two attached hydrogens (primary N) is 1. The van der Waals surface area contributed by atoms with Crippen LogP contribution < -0.4 is 10.5 Å². The van der Waals surface area contributed by atoms with Crippen molar-refractivity contribution in [2.45, 2.75) is 26.3 Å². The maximum absolute atomic E-state index is 6.33. The lowest BCUT2D eigenvalue weighted by molar-refractivity contribution is 0.334. The minimum Gasteiger partial charge on any atom is -0.494 e. The number of ether oxygens (including phenoxy) is 1. The van der Waals surface area contributed by atoms with Crippen molar-refractivity contribution in [1.82, 2.24) is 0 Å². The first-order valence-electron chi connectivity index (χ1n) is 6.84. The van der Waals surface area contributed by atoms with Crippen LogP contribution in [0.1, 0.15) is 29.7 Å². The molecule has 3 heteroatoms. The smallest absolute Gasteiger partial charge is 0.124 e. The Morgan fingerprint density at radius 1 is 1.20 bits per heavy atom. The molecule has 0 saturated heterocycles. The molecule has 20 heavy (non-hydrogen) atoms. The van der Waals surface area contributed by atoms with Gasteiger partial charge in [-0.2, -0.15) is 0 Å². The van der Waals surface area contributed by atoms with Crippen LogP contribution >= 0.6 is 11.6 Å². The van der Waals surface area contributed by atoms with E-state index in [9.17, 15) is 0 Å². The van der Waals surface area contributed by atoms with Crippen LogP contribution in [-0.2, 0) is 6.42 Å². The molecule has 2 nitrogen and oxygen atoms in total. The molecule has 2 N–H and O–H groups in total. The second-order valence-corrected chi connectivity index (χ2v) is 5.28. The molecular weight excluding hydrogens is 270 g/mol. The molecule has 2 rings (SSSR count). The van der Waals surface area contributed by atoms with Gasteiger partial charge in [-0.25, -0.2) is 0 Å². The first kappa shape index (κ1) is 14.9. The van der Waals surface area contributed by atoms with Gasteiger partial charge in [-0.05, 0) is 43.5 Å². The summed E-state index contributed by atoms with van der Waals surface area (Å²) in [4.78, 5) is 0. The zero-order valence-electron chi connectivity index (χ0n) is 11.9. The van der Waals surface area contributed by atoms with Gasteiger partial charge in [0.1, 0.15) is 5.75 Å². The summed E-state index contributed by atoms with van der Waals surface area (Å²) in [6.07, 6.45) is 0.698. The summed E-state index contributed by atoms with van der Waals surface area (Å²) in [5.74, 6) is 0.853. The Morgan fingerprint density at radius 3 is 2.65 bits per heavy atom. The quantitative estimate of drug-likeness (QED) is 0.891. The highest BCUT2D eigenvalue weighted by molar-refractivity contribution is 6.31. The summed E-state index contributed by atoms with van der Waals surface area (Å²) in [5, 5.41) is 0.773. The van der Waals surface area contributed by atoms with Crippen LogP contribution in [0, 0.1) is 6.92 Å². The normalized spacial score (nSPS) is 12.2. The number of aryl methyl sites for hydroxylation is 1. The van der Waals surface area contributed by atoms with Gasteiger partial charge in [0, 0.05) is 16.6 Å². The lowest BCUT2D eigenvalue weighted by Gasteiger charge is -2.17. The molecule has 0 aliphatic rings. The van der Waals surface area contributed by atoms with Gasteiger partial charge >= 0.3 is 0 Å². The predicted molar refractivity (Wildman–Crippen MR) is 84.4 cm³/mol. The van der Waals surface area contributed by atoms with E-state index in [-0.39, 0.29) is 6.04 Å². The molecule has 0 aliphatic heterocycles. The molecule has 0 saturated carbocycles. The van der Waals surface area contributed by atoms with Crippen molar-refractivity contribution >= 4 is 11.6 Å². The second kappa shape index (κ2) is 6.78. The Kier molecular flexibility index (Phi) is 5.05. The molecule has 106 valence electrons. The van der Waals surface area contributed by atoms with Gasteiger partial charge in [-0.15, -0.1) is 0 Å². The molecule has 0 bridgehead atoms. The lowest BCUT2D eigenvalue weighted by atomic mass is 9.98. The molecule has 2 aromatic rings. The number of rotatable bonds is 5. The molecule has 0 spiro atoms. The molecule has 0 amide bonds. The van der Waals surface area contributed by atoms with Crippen molar-refractivity contribution in [2.75, 3.05) is 6.61 Å². The van der Waals surface area contributed by atoms with E-state index in [0.717, 1.165) is 27.5 Å². The number of para-hydroxylation sites is 1. The number of hydrogen-bond donors (Lipinski definition) is 1. The van der Waals surface area contributed by atoms with E-state index in [1.807, 2.05) is 50.2 Å². The molecule has 0 aliphatic carbocycles. The van der Waals surface area contributed by atoms with Crippen LogP contribution in [0.25, 0.3) is 0 Å². The third-order valence-electron chi connectivity index (χ3n) is 3.27. The predicted octanol–water partition coefficient (Wildman–Crippen LogP) is 4.29. The summed E-state index contributed by atoms with van der Waals surface area (Å²) in [5.41, 5.74) is 9.57. The van der Waals surface area contributed by atoms with Crippen molar-refractivity contribution in [3.05, 3.63) is 64.2 Å². The van der Waals surface area contributed by atoms with Crippen LogP contribution in [0.3, 0.4) is 0 Å². The Bertz CT molecular complexity index is 583. The molecule has 2 aromatic carbocycles. The summed E-state index contributed by atoms with van der Waals surface area (Å²) >= 11 is 6.28. The average molecular weight is 290 g/mol. The topological polar surface area (TPSA) is 35.2 Å². The van der Waals surface area contributed by atoms with Crippen LogP contribution in [0.15, 0.2) is 42.5 Å². The largest absolute Gasteiger partial charge is 0.494 e. The molecule has 0 fully saturated rings. The zero-order chi connectivity index (χ0) is 14.5. The molecule has 0 aromatic heterocycles. The fraction of sp³-hybridized carbons (Fsp3) is 0.294. The average Bonchev–Trinajstić information content (AvgIpc) is 2.43. The van der Waals surface area contributed by atoms with Crippen molar-refractivity contribution in [2.24, 2.45) is 5.73 Å². The summed E-state index contributed by atoms with van der Waals surface area (Å²) in [7, 11) is 0. The summed E-state index contributed by atoms with van der Waals surface area (Å²) in [6.45, 7) is 4.63. The van der Waals surface area contributed by atoms with Crippen LogP contribution in [-0.4, -0.2) is 6.61 Å². The lowest BCUT2D eigenvalue weighted by Crippen LogP contribution is -2.15. The second-order valence-electron chi connectivity index (χ2n) is 4.88. The van der Waals surface area contributed by atoms with Crippen molar-refractivity contribution in [3.8, 4) is 5.75 Å². The van der Waals surface area contributed by atoms with Crippen molar-refractivity contribution in [1.29, 1.82) is 0 Å². The SMILES string of the molecule is CCOc1ccccc1C(N)Cc1ccc(C)cc1Cl. The maximum atomic E-state index is 6.33. The summed E-state index contributed by atoms with van der Waals surface area (Å²) in [6, 6.07) is 13.8. The zero-order valence-corrected chi connectivity index (χ0v) is 12.7. The fourth-order valence-electron chi connectivity index (χ4n) is 2.24. The molecule has 0 heterocycles. The molecule has 0 radical (unpaired) electrons. The van der Waals surface area contributed by atoms with E-state index in [1.54, 1.807) is 0 Å². The van der Waals surface area contributed by atoms with E-state index >= 15 is 0 Å². The van der Waals surface area contributed by atoms with E-state index in [4.69, 9.17) is 22.1 Å². The standard InChI is InChI=1S/C17H20ClNO/c1-3-20-17-7-5-4-6-14(17)16(19)11-13-9-8-12(2)10-15(13)18/h4-10,16H,3,11,19H2,1-2H3. The van der Waals surface area contributed by atoms with Crippen LogP contribution in [0.2, 0.25) is 5.02 Å². The molecule has 1 unspecified atom stereocenters. The highest BCUT2D eigenvalue weighted by atomic mass is 35.5. The van der Waals surface area contributed by atoms with E-state index in [1.165, 1.54) is 0 Å². The molecule has 1 atom stereocenters. The maximum Gasteiger partial charge on any atom is 0.124 e. The Labute approximate surface area is 125 Å². The molecular formula is C17H20ClNO. The number of hydrogen-bond acceptors (Lipinski definition) is 2. The van der Waals surface area contributed by atoms with Gasteiger partial charge in [0.25, 0.3) is 0 Å². The third-order valence-corrected chi connectivity index (χ3v) is 3.62. The Morgan fingerprint density at radius 2 is 1.95 bits per heavy atom. The number of halogens is 1. The highest BCUT2D eigenvalue weighted by Crippen LogP contribution is 2.28. The van der Waals surface area contributed by atoms with Gasteiger partial charge in [0.15, 0.2) is 0 Å². The fourth-order valence-corrected chi connectivity index (χ4v) is 2.55. The van der Waals surface area contributed by atoms with Crippen molar-refractivity contribution < 1.29 is 4.74 Å². The number of benzene rings is 2. The minimum absolute atomic E-state index is 0.127. The first-order valence-corrected chi connectivity index (χ1v) is 7.22. The Hall–Kier alpha value is -1.51. The van der Waals surface area contributed by atoms with Gasteiger partial charge < -0.3 is 10.5 Å². The van der Waals surface area contributed by atoms with Gasteiger partial charge in [-0.3, -0.25) is 0 Å². The highest BCUT2D eigenvalue weighted by Gasteiger charge is 2.14. The van der Waals surface area contributed by atoms with Gasteiger partial charge in [-0.1, -0.05) is 41.9 Å². The Balaban J connectivity index is 2.21. The third kappa shape index (κ3) is 3.53. The minimum atomic E-state index is -0.127. The van der Waals surface area contributed by atoms with Crippen LogP contribution in [0.4, 0.5) is 0 Å². The van der Waals surface area contributed by atoms with Crippen LogP contribution in [0.5, 0.6) is 5.75 Å².